The van der Waals surface area contributed by atoms with Crippen LogP contribution in [-0.2, 0) is 16.6 Å². The Labute approximate surface area is 165 Å². The normalized spacial score (nSPS) is 14.7. The first kappa shape index (κ1) is 20.2. The molecule has 1 fully saturated rings. The number of methoxy groups -OCH3 is 3. The van der Waals surface area contributed by atoms with Gasteiger partial charge in [0.05, 0.1) is 21.3 Å². The van der Waals surface area contributed by atoms with E-state index in [0.717, 1.165) is 18.4 Å². The largest absolute Gasteiger partial charge is 0.496 e. The number of nitrogens with one attached hydrogen (secondary N) is 2. The third kappa shape index (κ3) is 4.15. The predicted octanol–water partition coefficient (Wildman–Crippen LogP) is 1.92. The minimum absolute atomic E-state index is 0.267. The van der Waals surface area contributed by atoms with Crippen molar-refractivity contribution in [3.05, 3.63) is 36.0 Å². The lowest BCUT2D eigenvalue weighted by atomic mass is 10.1. The summed E-state index contributed by atoms with van der Waals surface area (Å²) in [5.74, 6) is 2.55. The number of ether oxygens (including phenoxy) is 3. The molecule has 2 heterocycles. The van der Waals surface area contributed by atoms with E-state index >= 15 is 0 Å². The van der Waals surface area contributed by atoms with Crippen molar-refractivity contribution in [2.45, 2.75) is 24.3 Å². The van der Waals surface area contributed by atoms with E-state index in [9.17, 15) is 8.42 Å². The Morgan fingerprint density at radius 2 is 1.64 bits per heavy atom. The van der Waals surface area contributed by atoms with Crippen LogP contribution in [0, 0.1) is 0 Å². The van der Waals surface area contributed by atoms with E-state index in [2.05, 4.69) is 10.3 Å². The number of benzene rings is 1. The van der Waals surface area contributed by atoms with Crippen LogP contribution in [0.15, 0.2) is 35.4 Å². The molecule has 2 aromatic rings. The van der Waals surface area contributed by atoms with Crippen LogP contribution in [0.25, 0.3) is 0 Å². The number of rotatable bonds is 8. The fourth-order valence-corrected chi connectivity index (χ4v) is 4.66. The van der Waals surface area contributed by atoms with E-state index in [0.29, 0.717) is 42.7 Å². The molecule has 1 aliphatic rings. The average molecular weight is 409 g/mol. The summed E-state index contributed by atoms with van der Waals surface area (Å²) in [5, 5.41) is 3.23. The first-order chi connectivity index (χ1) is 13.5. The van der Waals surface area contributed by atoms with E-state index in [1.165, 1.54) is 10.5 Å². The number of nitrogens with zero attached hydrogens (tertiary/aromatic N) is 1. The molecule has 1 saturated heterocycles. The SMILES string of the molecule is COc1cc(OC)c(OC)cc1CNc1ccc(S(=O)(=O)N2CCCC2)c[nH+]1. The molecule has 0 atom stereocenters. The van der Waals surface area contributed by atoms with Crippen LogP contribution in [0.2, 0.25) is 0 Å². The van der Waals surface area contributed by atoms with Crippen molar-refractivity contribution in [2.75, 3.05) is 39.7 Å². The minimum Gasteiger partial charge on any atom is -0.496 e. The van der Waals surface area contributed by atoms with Crippen LogP contribution in [0.4, 0.5) is 5.82 Å². The Bertz CT molecular complexity index is 910. The highest BCUT2D eigenvalue weighted by Crippen LogP contribution is 2.34. The first-order valence-corrected chi connectivity index (χ1v) is 10.5. The number of pyridine rings is 1. The summed E-state index contributed by atoms with van der Waals surface area (Å²) in [6, 6.07) is 6.94. The highest BCUT2D eigenvalue weighted by molar-refractivity contribution is 7.89. The summed E-state index contributed by atoms with van der Waals surface area (Å²) < 4.78 is 42.8. The molecule has 0 unspecified atom stereocenters. The molecule has 0 radical (unpaired) electrons. The van der Waals surface area contributed by atoms with Crippen molar-refractivity contribution in [1.82, 2.24) is 4.31 Å². The molecule has 152 valence electrons. The zero-order valence-corrected chi connectivity index (χ0v) is 17.1. The summed E-state index contributed by atoms with van der Waals surface area (Å²) >= 11 is 0. The molecule has 0 bridgehead atoms. The van der Waals surface area contributed by atoms with Gasteiger partial charge in [0, 0.05) is 30.8 Å². The molecule has 1 aliphatic heterocycles. The zero-order valence-electron chi connectivity index (χ0n) is 16.3. The van der Waals surface area contributed by atoms with Crippen LogP contribution in [0.5, 0.6) is 17.2 Å². The highest BCUT2D eigenvalue weighted by atomic mass is 32.2. The first-order valence-electron chi connectivity index (χ1n) is 9.04. The molecule has 0 amide bonds. The molecule has 0 spiro atoms. The summed E-state index contributed by atoms with van der Waals surface area (Å²) in [7, 11) is 1.32. The van der Waals surface area contributed by atoms with Gasteiger partial charge in [-0.25, -0.2) is 13.4 Å². The van der Waals surface area contributed by atoms with Gasteiger partial charge in [-0.05, 0) is 25.0 Å². The van der Waals surface area contributed by atoms with Gasteiger partial charge in [0.15, 0.2) is 11.5 Å². The van der Waals surface area contributed by atoms with Gasteiger partial charge in [-0.1, -0.05) is 0 Å². The number of anilines is 1. The highest BCUT2D eigenvalue weighted by Gasteiger charge is 2.28. The monoisotopic (exact) mass is 408 g/mol. The number of H-pyrrole nitrogens is 1. The smallest absolute Gasteiger partial charge is 0.272 e. The third-order valence-corrected chi connectivity index (χ3v) is 6.64. The number of hydrogen-bond donors (Lipinski definition) is 1. The molecular formula is C19H26N3O5S+. The fraction of sp³-hybridized carbons (Fsp3) is 0.421. The molecule has 1 aromatic heterocycles. The molecule has 2 N–H and O–H groups in total. The van der Waals surface area contributed by atoms with Crippen LogP contribution >= 0.6 is 0 Å². The summed E-state index contributed by atoms with van der Waals surface area (Å²) in [6.07, 6.45) is 3.34. The van der Waals surface area contributed by atoms with Crippen molar-refractivity contribution >= 4 is 15.8 Å². The lowest BCUT2D eigenvalue weighted by Crippen LogP contribution is -2.29. The number of aromatic amines is 1. The Kier molecular flexibility index (Phi) is 6.25. The van der Waals surface area contributed by atoms with E-state index in [-0.39, 0.29) is 4.90 Å². The maximum Gasteiger partial charge on any atom is 0.272 e. The van der Waals surface area contributed by atoms with Gasteiger partial charge >= 0.3 is 0 Å². The van der Waals surface area contributed by atoms with Crippen LogP contribution in [0.3, 0.4) is 0 Å². The van der Waals surface area contributed by atoms with Crippen molar-refractivity contribution in [3.63, 3.8) is 0 Å². The number of sulfonamides is 1. The van der Waals surface area contributed by atoms with Gasteiger partial charge in [0.2, 0.25) is 10.0 Å². The Hall–Kier alpha value is -2.52. The second kappa shape index (κ2) is 8.66. The molecule has 28 heavy (non-hydrogen) atoms. The van der Waals surface area contributed by atoms with Crippen molar-refractivity contribution in [1.29, 1.82) is 0 Å². The quantitative estimate of drug-likeness (QED) is 0.718. The van der Waals surface area contributed by atoms with Crippen LogP contribution in [0.1, 0.15) is 18.4 Å². The van der Waals surface area contributed by atoms with E-state index in [4.69, 9.17) is 14.2 Å². The fourth-order valence-electron chi connectivity index (χ4n) is 3.18. The van der Waals surface area contributed by atoms with Gasteiger partial charge in [-0.15, -0.1) is 0 Å². The topological polar surface area (TPSA) is 91.2 Å². The van der Waals surface area contributed by atoms with E-state index in [1.807, 2.05) is 6.07 Å². The number of hydrogen-bond acceptors (Lipinski definition) is 6. The van der Waals surface area contributed by atoms with Gasteiger partial charge in [-0.2, -0.15) is 4.31 Å². The molecule has 3 rings (SSSR count). The molecule has 0 saturated carbocycles. The average Bonchev–Trinajstić information content (AvgIpc) is 3.27. The lowest BCUT2D eigenvalue weighted by molar-refractivity contribution is -0.364. The van der Waals surface area contributed by atoms with Gasteiger partial charge < -0.3 is 14.2 Å². The zero-order chi connectivity index (χ0) is 20.1. The van der Waals surface area contributed by atoms with Crippen molar-refractivity contribution in [3.8, 4) is 17.2 Å². The van der Waals surface area contributed by atoms with Gasteiger partial charge in [0.1, 0.15) is 23.4 Å². The Balaban J connectivity index is 1.73. The van der Waals surface area contributed by atoms with Crippen LogP contribution < -0.4 is 24.5 Å². The third-order valence-electron chi connectivity index (χ3n) is 4.74. The molecule has 1 aromatic carbocycles. The summed E-state index contributed by atoms with van der Waals surface area (Å²) in [5.41, 5.74) is 0.877. The molecule has 9 heteroatoms. The maximum absolute atomic E-state index is 12.6. The Morgan fingerprint density at radius 3 is 2.21 bits per heavy atom. The lowest BCUT2D eigenvalue weighted by Gasteiger charge is -2.14. The van der Waals surface area contributed by atoms with Crippen molar-refractivity contribution in [2.24, 2.45) is 0 Å². The maximum atomic E-state index is 12.6. The summed E-state index contributed by atoms with van der Waals surface area (Å²) in [4.78, 5) is 3.28. The Morgan fingerprint density at radius 1 is 1.00 bits per heavy atom. The molecule has 8 nitrogen and oxygen atoms in total. The molecular weight excluding hydrogens is 382 g/mol. The second-order valence-corrected chi connectivity index (χ2v) is 8.36. The minimum atomic E-state index is -3.43. The second-order valence-electron chi connectivity index (χ2n) is 6.42. The predicted molar refractivity (Wildman–Crippen MR) is 104 cm³/mol. The van der Waals surface area contributed by atoms with Crippen molar-refractivity contribution < 1.29 is 27.6 Å². The van der Waals surface area contributed by atoms with E-state index < -0.39 is 10.0 Å². The van der Waals surface area contributed by atoms with Gasteiger partial charge in [0.25, 0.3) is 5.82 Å². The summed E-state index contributed by atoms with van der Waals surface area (Å²) in [6.45, 7) is 1.63. The van der Waals surface area contributed by atoms with Crippen LogP contribution in [-0.4, -0.2) is 47.1 Å². The van der Waals surface area contributed by atoms with Gasteiger partial charge in [-0.3, -0.25) is 5.32 Å². The number of aromatic nitrogens is 1. The molecule has 0 aliphatic carbocycles. The van der Waals surface area contributed by atoms with E-state index in [1.54, 1.807) is 39.5 Å². The standard InChI is InChI=1S/C19H25N3O5S/c1-25-16-11-18(27-3)17(26-2)10-14(16)12-20-19-7-6-15(13-21-19)28(23,24)22-8-4-5-9-22/h6-7,10-11,13H,4-5,8-9,12H2,1-3H3,(H,20,21)/p+1.